The Bertz CT molecular complexity index is 90.4. The Balaban J connectivity index is 3.02. The molecule has 0 aliphatic rings. The number of likely N-dealkylation sites (N-methyl/N-ethyl adjacent to an activating group) is 1. The van der Waals surface area contributed by atoms with Gasteiger partial charge in [-0.05, 0) is 6.54 Å². The van der Waals surface area contributed by atoms with Crippen molar-refractivity contribution in [1.82, 2.24) is 5.32 Å². The molecule has 1 atom stereocenters. The van der Waals surface area contributed by atoms with Crippen molar-refractivity contribution in [3.8, 4) is 0 Å². The number of aliphatic hydroxyl groups excluding tert-OH is 1. The molecule has 0 fully saturated rings. The summed E-state index contributed by atoms with van der Waals surface area (Å²) in [5.74, 6) is 0. The molecule has 0 amide bonds. The molecule has 0 aromatic heterocycles. The molecule has 12 heavy (non-hydrogen) atoms. The van der Waals surface area contributed by atoms with Gasteiger partial charge in [0.25, 0.3) is 0 Å². The lowest BCUT2D eigenvalue weighted by Gasteiger charge is -2.10. The third-order valence-electron chi connectivity index (χ3n) is 1.37. The van der Waals surface area contributed by atoms with Crippen LogP contribution in [-0.4, -0.2) is 51.2 Å². The van der Waals surface area contributed by atoms with Gasteiger partial charge < -0.3 is 19.9 Å². The predicted octanol–water partition coefficient (Wildman–Crippen LogP) is -0.380. The third-order valence-corrected chi connectivity index (χ3v) is 1.37. The number of aliphatic hydroxyl groups is 1. The second-order valence-electron chi connectivity index (χ2n) is 2.53. The van der Waals surface area contributed by atoms with E-state index in [0.717, 1.165) is 6.54 Å². The Morgan fingerprint density at radius 1 is 1.42 bits per heavy atom. The van der Waals surface area contributed by atoms with Gasteiger partial charge in [-0.3, -0.25) is 0 Å². The first-order valence-electron chi connectivity index (χ1n) is 4.26. The van der Waals surface area contributed by atoms with Gasteiger partial charge in [0.15, 0.2) is 0 Å². The summed E-state index contributed by atoms with van der Waals surface area (Å²) in [5.41, 5.74) is 0. The van der Waals surface area contributed by atoms with Crippen LogP contribution in [0.4, 0.5) is 0 Å². The molecule has 74 valence electrons. The molecule has 0 saturated heterocycles. The Hall–Kier alpha value is -0.160. The van der Waals surface area contributed by atoms with Crippen molar-refractivity contribution in [2.45, 2.75) is 13.0 Å². The first kappa shape index (κ1) is 11.8. The summed E-state index contributed by atoms with van der Waals surface area (Å²) >= 11 is 0. The number of ether oxygens (including phenoxy) is 2. The van der Waals surface area contributed by atoms with Gasteiger partial charge in [0.1, 0.15) is 0 Å². The Kier molecular flexibility index (Phi) is 8.81. The Morgan fingerprint density at radius 2 is 2.17 bits per heavy atom. The fourth-order valence-electron chi connectivity index (χ4n) is 0.732. The zero-order valence-corrected chi connectivity index (χ0v) is 7.88. The van der Waals surface area contributed by atoms with Crippen LogP contribution < -0.4 is 5.32 Å². The monoisotopic (exact) mass is 177 g/mol. The second kappa shape index (κ2) is 8.93. The van der Waals surface area contributed by atoms with Crippen LogP contribution in [0.1, 0.15) is 6.92 Å². The minimum atomic E-state index is -0.415. The van der Waals surface area contributed by atoms with Crippen molar-refractivity contribution in [3.05, 3.63) is 0 Å². The molecule has 0 bridgehead atoms. The maximum Gasteiger partial charge on any atom is 0.0897 e. The normalized spacial score (nSPS) is 13.2. The number of methoxy groups -OCH3 is 1. The Labute approximate surface area is 73.9 Å². The highest BCUT2D eigenvalue weighted by atomic mass is 16.5. The zero-order valence-electron chi connectivity index (χ0n) is 7.88. The van der Waals surface area contributed by atoms with Gasteiger partial charge in [-0.15, -0.1) is 0 Å². The van der Waals surface area contributed by atoms with Gasteiger partial charge in [-0.2, -0.15) is 0 Å². The third kappa shape index (κ3) is 7.94. The second-order valence-corrected chi connectivity index (χ2v) is 2.53. The van der Waals surface area contributed by atoms with Gasteiger partial charge in [0, 0.05) is 13.7 Å². The molecule has 0 saturated carbocycles. The molecule has 0 radical (unpaired) electrons. The molecular weight excluding hydrogens is 158 g/mol. The highest BCUT2D eigenvalue weighted by Gasteiger charge is 2.01. The molecule has 4 nitrogen and oxygen atoms in total. The zero-order chi connectivity index (χ0) is 9.23. The lowest BCUT2D eigenvalue weighted by molar-refractivity contribution is 0.0140. The number of hydrogen-bond acceptors (Lipinski definition) is 4. The molecule has 0 aliphatic heterocycles. The van der Waals surface area contributed by atoms with Gasteiger partial charge in [0.05, 0.1) is 25.9 Å². The lowest BCUT2D eigenvalue weighted by atomic mass is 10.4. The standard InChI is InChI=1S/C8H19NO3/c1-3-9-6-8(10)7-12-5-4-11-2/h8-10H,3-7H2,1-2H3. The summed E-state index contributed by atoms with van der Waals surface area (Å²) in [7, 11) is 1.62. The number of rotatable bonds is 8. The van der Waals surface area contributed by atoms with E-state index in [4.69, 9.17) is 9.47 Å². The van der Waals surface area contributed by atoms with Crippen LogP contribution in [0.5, 0.6) is 0 Å². The number of hydrogen-bond donors (Lipinski definition) is 2. The van der Waals surface area contributed by atoms with Crippen LogP contribution in [0, 0.1) is 0 Å². The highest BCUT2D eigenvalue weighted by Crippen LogP contribution is 1.83. The molecule has 1 unspecified atom stereocenters. The van der Waals surface area contributed by atoms with Crippen molar-refractivity contribution in [3.63, 3.8) is 0 Å². The summed E-state index contributed by atoms with van der Waals surface area (Å²) in [6.45, 7) is 4.95. The van der Waals surface area contributed by atoms with Gasteiger partial charge >= 0.3 is 0 Å². The van der Waals surface area contributed by atoms with E-state index in [1.165, 1.54) is 0 Å². The first-order valence-corrected chi connectivity index (χ1v) is 4.26. The molecule has 2 N–H and O–H groups in total. The minimum absolute atomic E-state index is 0.371. The van der Waals surface area contributed by atoms with Crippen LogP contribution in [-0.2, 0) is 9.47 Å². The predicted molar refractivity (Wildman–Crippen MR) is 47.2 cm³/mol. The summed E-state index contributed by atoms with van der Waals surface area (Å²) in [5, 5.41) is 12.3. The molecule has 0 spiro atoms. The van der Waals surface area contributed by atoms with Crippen molar-refractivity contribution >= 4 is 0 Å². The molecule has 0 aromatic rings. The highest BCUT2D eigenvalue weighted by molar-refractivity contribution is 4.56. The molecule has 0 rings (SSSR count). The van der Waals surface area contributed by atoms with Gasteiger partial charge in [-0.25, -0.2) is 0 Å². The van der Waals surface area contributed by atoms with Crippen molar-refractivity contribution in [2.24, 2.45) is 0 Å². The van der Waals surface area contributed by atoms with Crippen molar-refractivity contribution in [1.29, 1.82) is 0 Å². The molecule has 4 heteroatoms. The van der Waals surface area contributed by atoms with E-state index in [1.54, 1.807) is 7.11 Å². The Morgan fingerprint density at radius 3 is 2.75 bits per heavy atom. The summed E-state index contributed by atoms with van der Waals surface area (Å²) in [6, 6.07) is 0. The van der Waals surface area contributed by atoms with E-state index in [2.05, 4.69) is 5.32 Å². The van der Waals surface area contributed by atoms with Crippen LogP contribution >= 0.6 is 0 Å². The minimum Gasteiger partial charge on any atom is -0.389 e. The smallest absolute Gasteiger partial charge is 0.0897 e. The molecular formula is C8H19NO3. The van der Waals surface area contributed by atoms with Crippen LogP contribution in [0.25, 0.3) is 0 Å². The SMILES string of the molecule is CCNCC(O)COCCOC. The quantitative estimate of drug-likeness (QED) is 0.496. The molecule has 0 heterocycles. The summed E-state index contributed by atoms with van der Waals surface area (Å²) in [4.78, 5) is 0. The molecule has 0 aromatic carbocycles. The van der Waals surface area contributed by atoms with Gasteiger partial charge in [-0.1, -0.05) is 6.92 Å². The van der Waals surface area contributed by atoms with Crippen LogP contribution in [0.3, 0.4) is 0 Å². The summed E-state index contributed by atoms with van der Waals surface area (Å²) < 4.78 is 9.90. The van der Waals surface area contributed by atoms with Gasteiger partial charge in [0.2, 0.25) is 0 Å². The average molecular weight is 177 g/mol. The number of nitrogens with one attached hydrogen (secondary N) is 1. The first-order chi connectivity index (χ1) is 5.81. The maximum absolute atomic E-state index is 9.25. The van der Waals surface area contributed by atoms with E-state index < -0.39 is 6.10 Å². The van der Waals surface area contributed by atoms with E-state index >= 15 is 0 Å². The van der Waals surface area contributed by atoms with Crippen LogP contribution in [0.2, 0.25) is 0 Å². The average Bonchev–Trinajstić information content (AvgIpc) is 2.09. The van der Waals surface area contributed by atoms with E-state index in [-0.39, 0.29) is 0 Å². The van der Waals surface area contributed by atoms with E-state index in [9.17, 15) is 5.11 Å². The fourth-order valence-corrected chi connectivity index (χ4v) is 0.732. The molecule has 0 aliphatic carbocycles. The van der Waals surface area contributed by atoms with Crippen LogP contribution in [0.15, 0.2) is 0 Å². The largest absolute Gasteiger partial charge is 0.389 e. The van der Waals surface area contributed by atoms with E-state index in [1.807, 2.05) is 6.92 Å². The topological polar surface area (TPSA) is 50.7 Å². The van der Waals surface area contributed by atoms with Crippen molar-refractivity contribution in [2.75, 3.05) is 40.0 Å². The maximum atomic E-state index is 9.25. The van der Waals surface area contributed by atoms with E-state index in [0.29, 0.717) is 26.4 Å². The lowest BCUT2D eigenvalue weighted by Crippen LogP contribution is -2.30. The fraction of sp³-hybridized carbons (Fsp3) is 1.00. The summed E-state index contributed by atoms with van der Waals surface area (Å²) in [6.07, 6.45) is -0.415. The van der Waals surface area contributed by atoms with Crippen molar-refractivity contribution < 1.29 is 14.6 Å².